The van der Waals surface area contributed by atoms with Gasteiger partial charge in [-0.1, -0.05) is 12.2 Å². The second kappa shape index (κ2) is 2.71. The van der Waals surface area contributed by atoms with Crippen LogP contribution in [0.3, 0.4) is 0 Å². The van der Waals surface area contributed by atoms with Gasteiger partial charge in [0.2, 0.25) is 0 Å². The van der Waals surface area contributed by atoms with Gasteiger partial charge in [-0.25, -0.2) is 0 Å². The standard InChI is InChI=1S/C9H15O2P/c1-12(2,10)11-9-6-7-3-4-8(9)5-7/h3-4,7-9H,5-6H2,1-2H3. The maximum absolute atomic E-state index is 11.4. The van der Waals surface area contributed by atoms with E-state index in [4.69, 9.17) is 4.52 Å². The molecule has 0 spiro atoms. The van der Waals surface area contributed by atoms with Crippen molar-refractivity contribution in [3.05, 3.63) is 12.2 Å². The predicted molar refractivity (Wildman–Crippen MR) is 49.7 cm³/mol. The summed E-state index contributed by atoms with van der Waals surface area (Å²) in [5.74, 6) is 1.25. The summed E-state index contributed by atoms with van der Waals surface area (Å²) in [6.45, 7) is 3.39. The topological polar surface area (TPSA) is 26.3 Å². The molecule has 0 saturated heterocycles. The van der Waals surface area contributed by atoms with Crippen molar-refractivity contribution >= 4 is 7.37 Å². The molecule has 0 aromatic heterocycles. The molecule has 2 bridgehead atoms. The first-order valence-electron chi connectivity index (χ1n) is 4.46. The van der Waals surface area contributed by atoms with E-state index >= 15 is 0 Å². The van der Waals surface area contributed by atoms with Crippen LogP contribution in [0.1, 0.15) is 12.8 Å². The van der Waals surface area contributed by atoms with Gasteiger partial charge in [0.15, 0.2) is 7.37 Å². The Hall–Kier alpha value is -0.0700. The number of fused-ring (bicyclic) bond motifs is 2. The highest BCUT2D eigenvalue weighted by Gasteiger charge is 2.38. The minimum atomic E-state index is -2.28. The smallest absolute Gasteiger partial charge is 0.197 e. The first kappa shape index (κ1) is 8.52. The van der Waals surface area contributed by atoms with E-state index in [0.717, 1.165) is 6.42 Å². The lowest BCUT2D eigenvalue weighted by molar-refractivity contribution is 0.181. The highest BCUT2D eigenvalue weighted by Crippen LogP contribution is 2.48. The molecular weight excluding hydrogens is 171 g/mol. The summed E-state index contributed by atoms with van der Waals surface area (Å²) < 4.78 is 16.9. The van der Waals surface area contributed by atoms with Gasteiger partial charge in [0.25, 0.3) is 0 Å². The highest BCUT2D eigenvalue weighted by molar-refractivity contribution is 7.57. The van der Waals surface area contributed by atoms with E-state index in [1.807, 2.05) is 0 Å². The predicted octanol–water partition coefficient (Wildman–Crippen LogP) is 2.51. The summed E-state index contributed by atoms with van der Waals surface area (Å²) >= 11 is 0. The van der Waals surface area contributed by atoms with Gasteiger partial charge in [-0.2, -0.15) is 0 Å². The third-order valence-electron chi connectivity index (χ3n) is 2.61. The SMILES string of the molecule is CP(C)(=O)OC1CC2C=CC1C2. The molecule has 3 heteroatoms. The zero-order chi connectivity index (χ0) is 8.77. The molecule has 1 fully saturated rings. The van der Waals surface area contributed by atoms with Crippen molar-refractivity contribution in [3.8, 4) is 0 Å². The third kappa shape index (κ3) is 1.65. The molecule has 0 aromatic rings. The maximum atomic E-state index is 11.4. The van der Waals surface area contributed by atoms with Gasteiger partial charge in [-0.3, -0.25) is 4.57 Å². The zero-order valence-corrected chi connectivity index (χ0v) is 8.46. The van der Waals surface area contributed by atoms with Crippen molar-refractivity contribution in [1.29, 1.82) is 0 Å². The molecule has 0 radical (unpaired) electrons. The lowest BCUT2D eigenvalue weighted by atomic mass is 10.1. The molecule has 2 aliphatic rings. The number of allylic oxidation sites excluding steroid dienone is 1. The lowest BCUT2D eigenvalue weighted by Crippen LogP contribution is -2.16. The van der Waals surface area contributed by atoms with Crippen LogP contribution in [0, 0.1) is 11.8 Å². The van der Waals surface area contributed by atoms with Gasteiger partial charge >= 0.3 is 0 Å². The first-order valence-corrected chi connectivity index (χ1v) is 6.98. The van der Waals surface area contributed by atoms with Crippen molar-refractivity contribution in [2.45, 2.75) is 18.9 Å². The maximum Gasteiger partial charge on any atom is 0.197 e. The van der Waals surface area contributed by atoms with Gasteiger partial charge in [-0.05, 0) is 18.8 Å². The number of hydrogen-bond donors (Lipinski definition) is 0. The Kier molecular flexibility index (Phi) is 1.93. The Balaban J connectivity index is 2.00. The average molecular weight is 186 g/mol. The van der Waals surface area contributed by atoms with E-state index in [0.29, 0.717) is 11.8 Å². The Morgan fingerprint density at radius 1 is 1.33 bits per heavy atom. The monoisotopic (exact) mass is 186 g/mol. The minimum absolute atomic E-state index is 0.237. The van der Waals surface area contributed by atoms with Crippen LogP contribution >= 0.6 is 7.37 Å². The fraction of sp³-hybridized carbons (Fsp3) is 0.778. The first-order chi connectivity index (χ1) is 5.54. The van der Waals surface area contributed by atoms with Crippen LogP contribution in [0.2, 0.25) is 0 Å². The second-order valence-corrected chi connectivity index (χ2v) is 6.89. The molecule has 0 aliphatic heterocycles. The van der Waals surface area contributed by atoms with Crippen LogP contribution in [0.25, 0.3) is 0 Å². The van der Waals surface area contributed by atoms with E-state index in [2.05, 4.69) is 12.2 Å². The Morgan fingerprint density at radius 2 is 2.08 bits per heavy atom. The van der Waals surface area contributed by atoms with Crippen molar-refractivity contribution in [3.63, 3.8) is 0 Å². The molecular formula is C9H15O2P. The van der Waals surface area contributed by atoms with E-state index < -0.39 is 7.37 Å². The zero-order valence-electron chi connectivity index (χ0n) is 7.56. The second-order valence-electron chi connectivity index (χ2n) is 4.18. The molecule has 68 valence electrons. The molecule has 2 aliphatic carbocycles. The van der Waals surface area contributed by atoms with Crippen LogP contribution < -0.4 is 0 Å². The van der Waals surface area contributed by atoms with Crippen LogP contribution in [-0.4, -0.2) is 19.4 Å². The summed E-state index contributed by atoms with van der Waals surface area (Å²) in [6, 6.07) is 0. The molecule has 3 atom stereocenters. The fourth-order valence-corrected chi connectivity index (χ4v) is 3.07. The van der Waals surface area contributed by atoms with E-state index in [-0.39, 0.29) is 6.10 Å². The van der Waals surface area contributed by atoms with Crippen LogP contribution in [0.4, 0.5) is 0 Å². The number of rotatable bonds is 2. The Bertz CT molecular complexity index is 253. The third-order valence-corrected chi connectivity index (χ3v) is 3.39. The van der Waals surface area contributed by atoms with E-state index in [1.165, 1.54) is 6.42 Å². The molecule has 0 N–H and O–H groups in total. The van der Waals surface area contributed by atoms with Crippen molar-refractivity contribution in [2.24, 2.45) is 11.8 Å². The highest BCUT2D eigenvalue weighted by atomic mass is 31.2. The minimum Gasteiger partial charge on any atom is -0.325 e. The largest absolute Gasteiger partial charge is 0.325 e. The molecule has 12 heavy (non-hydrogen) atoms. The van der Waals surface area contributed by atoms with Gasteiger partial charge in [-0.15, -0.1) is 0 Å². The van der Waals surface area contributed by atoms with Gasteiger partial charge in [0.1, 0.15) is 0 Å². The molecule has 0 aromatic carbocycles. The van der Waals surface area contributed by atoms with Crippen LogP contribution in [0.5, 0.6) is 0 Å². The van der Waals surface area contributed by atoms with Gasteiger partial charge in [0, 0.05) is 19.2 Å². The van der Waals surface area contributed by atoms with Crippen LogP contribution in [0.15, 0.2) is 12.2 Å². The van der Waals surface area contributed by atoms with E-state index in [9.17, 15) is 4.57 Å². The Morgan fingerprint density at radius 3 is 2.50 bits per heavy atom. The summed E-state index contributed by atoms with van der Waals surface area (Å²) in [4.78, 5) is 0. The van der Waals surface area contributed by atoms with Crippen molar-refractivity contribution in [2.75, 3.05) is 13.3 Å². The molecule has 0 amide bonds. The average Bonchev–Trinajstić information content (AvgIpc) is 2.42. The molecule has 2 nitrogen and oxygen atoms in total. The van der Waals surface area contributed by atoms with E-state index in [1.54, 1.807) is 13.3 Å². The summed E-state index contributed by atoms with van der Waals surface area (Å²) in [7, 11) is -2.28. The van der Waals surface area contributed by atoms with Gasteiger partial charge < -0.3 is 4.52 Å². The number of hydrogen-bond acceptors (Lipinski definition) is 2. The molecule has 0 heterocycles. The molecule has 2 rings (SSSR count). The van der Waals surface area contributed by atoms with Crippen LogP contribution in [-0.2, 0) is 9.09 Å². The fourth-order valence-electron chi connectivity index (χ4n) is 2.18. The van der Waals surface area contributed by atoms with Crippen molar-refractivity contribution in [1.82, 2.24) is 0 Å². The quantitative estimate of drug-likeness (QED) is 0.489. The normalized spacial score (nSPS) is 39.3. The summed E-state index contributed by atoms with van der Waals surface area (Å²) in [5.41, 5.74) is 0. The van der Waals surface area contributed by atoms with Crippen molar-refractivity contribution < 1.29 is 9.09 Å². The van der Waals surface area contributed by atoms with Gasteiger partial charge in [0.05, 0.1) is 6.10 Å². The Labute approximate surface area is 73.4 Å². The summed E-state index contributed by atoms with van der Waals surface area (Å²) in [6.07, 6.45) is 7.01. The molecule has 3 unspecified atom stereocenters. The lowest BCUT2D eigenvalue weighted by Gasteiger charge is -2.21. The molecule has 1 saturated carbocycles. The summed E-state index contributed by atoms with van der Waals surface area (Å²) in [5, 5.41) is 0.